The van der Waals surface area contributed by atoms with Crippen molar-refractivity contribution in [2.45, 2.75) is 56.7 Å². The van der Waals surface area contributed by atoms with Gasteiger partial charge in [0.1, 0.15) is 17.4 Å². The second kappa shape index (κ2) is 12.2. The average Bonchev–Trinajstić information content (AvgIpc) is 3.44. The Balaban J connectivity index is 1.23. The maximum atomic E-state index is 13.1. The third-order valence-corrected chi connectivity index (χ3v) is 10.6. The van der Waals surface area contributed by atoms with Gasteiger partial charge in [0.2, 0.25) is 0 Å². The fourth-order valence-corrected chi connectivity index (χ4v) is 7.67. The van der Waals surface area contributed by atoms with E-state index in [0.717, 1.165) is 59.8 Å². The number of amides is 1. The molecule has 3 aromatic rings. The number of thiophene rings is 1. The molecule has 9 heteroatoms. The molecule has 210 valence electrons. The van der Waals surface area contributed by atoms with Crippen molar-refractivity contribution in [2.24, 2.45) is 0 Å². The zero-order valence-corrected chi connectivity index (χ0v) is 24.9. The van der Waals surface area contributed by atoms with Crippen LogP contribution in [0.25, 0.3) is 0 Å². The molecule has 0 saturated carbocycles. The summed E-state index contributed by atoms with van der Waals surface area (Å²) >= 11 is 1.57. The van der Waals surface area contributed by atoms with Crippen LogP contribution in [0.3, 0.4) is 0 Å². The van der Waals surface area contributed by atoms with Crippen LogP contribution in [0.2, 0.25) is 0 Å². The molecule has 2 aliphatic rings. The maximum absolute atomic E-state index is 13.1. The molecule has 1 fully saturated rings. The molecule has 1 N–H and O–H groups in total. The number of nitrogens with one attached hydrogen (secondary N) is 1. The molecular weight excluding hydrogens is 542 g/mol. The molecule has 1 atom stereocenters. The van der Waals surface area contributed by atoms with Gasteiger partial charge in [-0.3, -0.25) is 13.9 Å². The van der Waals surface area contributed by atoms with Gasteiger partial charge in [-0.25, -0.2) is 0 Å². The highest BCUT2D eigenvalue weighted by molar-refractivity contribution is 7.85. The Hall–Kier alpha value is -3.03. The SMILES string of the molecule is CCS(=O)c1ccc(CNC(=O)c2cc3c(s2)C2(CCN(Cc4cc(OC)c(C#N)cc4C)CC2)OCC3)cc1. The molecular formula is C31H35N3O4S2. The Morgan fingerprint density at radius 2 is 1.98 bits per heavy atom. The van der Waals surface area contributed by atoms with Gasteiger partial charge in [0.15, 0.2) is 0 Å². The highest BCUT2D eigenvalue weighted by atomic mass is 32.2. The van der Waals surface area contributed by atoms with E-state index in [0.29, 0.717) is 30.2 Å². The third-order valence-electron chi connectivity index (χ3n) is 7.93. The number of hydrogen-bond donors (Lipinski definition) is 1. The van der Waals surface area contributed by atoms with Gasteiger partial charge < -0.3 is 14.8 Å². The Bertz CT molecular complexity index is 1450. The van der Waals surface area contributed by atoms with E-state index in [9.17, 15) is 14.3 Å². The molecule has 1 spiro atoms. The van der Waals surface area contributed by atoms with Crippen LogP contribution >= 0.6 is 11.3 Å². The lowest BCUT2D eigenvalue weighted by Crippen LogP contribution is -2.45. The fourth-order valence-electron chi connectivity index (χ4n) is 5.57. The number of ether oxygens (including phenoxy) is 2. The molecule has 5 rings (SSSR count). The van der Waals surface area contributed by atoms with E-state index >= 15 is 0 Å². The monoisotopic (exact) mass is 577 g/mol. The molecule has 3 heterocycles. The van der Waals surface area contributed by atoms with Gasteiger partial charge in [0.05, 0.1) is 35.0 Å². The minimum absolute atomic E-state index is 0.0709. The quantitative estimate of drug-likeness (QED) is 0.403. The lowest BCUT2D eigenvalue weighted by molar-refractivity contribution is -0.0961. The number of methoxy groups -OCH3 is 1. The van der Waals surface area contributed by atoms with Gasteiger partial charge in [0, 0.05) is 41.7 Å². The summed E-state index contributed by atoms with van der Waals surface area (Å²) in [5.74, 6) is 1.14. The second-order valence-electron chi connectivity index (χ2n) is 10.4. The smallest absolute Gasteiger partial charge is 0.261 e. The number of carbonyl (C=O) groups is 1. The number of nitrogens with zero attached hydrogens (tertiary/aromatic N) is 2. The second-order valence-corrected chi connectivity index (χ2v) is 13.2. The van der Waals surface area contributed by atoms with E-state index in [1.54, 1.807) is 18.4 Å². The minimum atomic E-state index is -0.976. The lowest BCUT2D eigenvalue weighted by atomic mass is 9.85. The molecule has 2 aromatic carbocycles. The van der Waals surface area contributed by atoms with Crippen molar-refractivity contribution < 1.29 is 18.5 Å². The van der Waals surface area contributed by atoms with Gasteiger partial charge in [-0.2, -0.15) is 5.26 Å². The highest BCUT2D eigenvalue weighted by Crippen LogP contribution is 2.45. The van der Waals surface area contributed by atoms with Crippen LogP contribution in [-0.4, -0.2) is 47.6 Å². The lowest BCUT2D eigenvalue weighted by Gasteiger charge is -2.43. The first-order valence-corrected chi connectivity index (χ1v) is 15.8. The number of nitriles is 1. The summed E-state index contributed by atoms with van der Waals surface area (Å²) < 4.78 is 23.9. The zero-order valence-electron chi connectivity index (χ0n) is 23.2. The van der Waals surface area contributed by atoms with Gasteiger partial charge in [-0.05, 0) is 78.8 Å². The average molecular weight is 578 g/mol. The van der Waals surface area contributed by atoms with Crippen LogP contribution in [0.5, 0.6) is 5.75 Å². The highest BCUT2D eigenvalue weighted by Gasteiger charge is 2.42. The first-order valence-electron chi connectivity index (χ1n) is 13.7. The molecule has 2 aliphatic heterocycles. The van der Waals surface area contributed by atoms with Crippen LogP contribution < -0.4 is 10.1 Å². The summed E-state index contributed by atoms with van der Waals surface area (Å²) in [4.78, 5) is 18.3. The number of fused-ring (bicyclic) bond motifs is 2. The number of hydrogen-bond acceptors (Lipinski definition) is 7. The van der Waals surface area contributed by atoms with Crippen LogP contribution in [0.1, 0.15) is 62.1 Å². The number of carbonyl (C=O) groups excluding carboxylic acids is 1. The molecule has 1 amide bonds. The summed E-state index contributed by atoms with van der Waals surface area (Å²) in [6.07, 6.45) is 2.57. The Kier molecular flexibility index (Phi) is 8.71. The third kappa shape index (κ3) is 5.86. The van der Waals surface area contributed by atoms with Crippen molar-refractivity contribution in [3.8, 4) is 11.8 Å². The molecule has 1 unspecified atom stereocenters. The van der Waals surface area contributed by atoms with Crippen LogP contribution in [-0.2, 0) is 40.6 Å². The number of likely N-dealkylation sites (tertiary alicyclic amines) is 1. The summed E-state index contributed by atoms with van der Waals surface area (Å²) in [6.45, 7) is 7.61. The van der Waals surface area contributed by atoms with E-state index in [1.165, 1.54) is 16.0 Å². The largest absolute Gasteiger partial charge is 0.495 e. The molecule has 1 aromatic heterocycles. The van der Waals surface area contributed by atoms with Crippen molar-refractivity contribution in [3.05, 3.63) is 80.0 Å². The van der Waals surface area contributed by atoms with Crippen molar-refractivity contribution in [3.63, 3.8) is 0 Å². The zero-order chi connectivity index (χ0) is 28.3. The van der Waals surface area contributed by atoms with Crippen LogP contribution in [0, 0.1) is 18.3 Å². The normalized spacial score (nSPS) is 17.1. The van der Waals surface area contributed by atoms with Gasteiger partial charge in [-0.1, -0.05) is 19.1 Å². The van der Waals surface area contributed by atoms with E-state index < -0.39 is 10.8 Å². The van der Waals surface area contributed by atoms with Gasteiger partial charge >= 0.3 is 0 Å². The van der Waals surface area contributed by atoms with Crippen molar-refractivity contribution in [2.75, 3.05) is 32.6 Å². The van der Waals surface area contributed by atoms with Crippen LogP contribution in [0.15, 0.2) is 47.4 Å². The Morgan fingerprint density at radius 1 is 1.23 bits per heavy atom. The van der Waals surface area contributed by atoms with Gasteiger partial charge in [0.25, 0.3) is 5.91 Å². The first kappa shape index (κ1) is 28.5. The summed E-state index contributed by atoms with van der Waals surface area (Å²) in [5, 5.41) is 12.4. The number of benzene rings is 2. The molecule has 0 bridgehead atoms. The summed E-state index contributed by atoms with van der Waals surface area (Å²) in [6, 6.07) is 15.7. The van der Waals surface area contributed by atoms with E-state index in [2.05, 4.69) is 16.3 Å². The summed E-state index contributed by atoms with van der Waals surface area (Å²) in [7, 11) is 0.624. The van der Waals surface area contributed by atoms with E-state index in [1.807, 2.05) is 56.3 Å². The molecule has 40 heavy (non-hydrogen) atoms. The number of aryl methyl sites for hydroxylation is 1. The van der Waals surface area contributed by atoms with Crippen molar-refractivity contribution >= 4 is 28.0 Å². The number of piperidine rings is 1. The number of rotatable bonds is 8. The molecule has 0 aliphatic carbocycles. The fraction of sp³-hybridized carbons (Fsp3) is 0.419. The maximum Gasteiger partial charge on any atom is 0.261 e. The van der Waals surface area contributed by atoms with Crippen molar-refractivity contribution in [1.29, 1.82) is 5.26 Å². The predicted molar refractivity (Wildman–Crippen MR) is 157 cm³/mol. The van der Waals surface area contributed by atoms with Gasteiger partial charge in [-0.15, -0.1) is 11.3 Å². The Morgan fingerprint density at radius 3 is 2.65 bits per heavy atom. The van der Waals surface area contributed by atoms with E-state index in [4.69, 9.17) is 9.47 Å². The molecule has 1 saturated heterocycles. The van der Waals surface area contributed by atoms with Crippen LogP contribution in [0.4, 0.5) is 0 Å². The minimum Gasteiger partial charge on any atom is -0.495 e. The Labute approximate surface area is 242 Å². The van der Waals surface area contributed by atoms with Crippen molar-refractivity contribution in [1.82, 2.24) is 10.2 Å². The topological polar surface area (TPSA) is 91.7 Å². The molecule has 7 nitrogen and oxygen atoms in total. The first-order chi connectivity index (χ1) is 19.4. The van der Waals surface area contributed by atoms with E-state index in [-0.39, 0.29) is 11.5 Å². The predicted octanol–water partition coefficient (Wildman–Crippen LogP) is 5.06. The molecule has 0 radical (unpaired) electrons. The standard InChI is InChI=1S/C31H35N3O4S2/c1-4-40(36)26-7-5-22(6-8-26)19-33-30(35)28-17-23-9-14-38-31(29(23)39-28)10-12-34(13-11-31)20-25-16-27(37-3)24(18-32)15-21(25)2/h5-8,15-17H,4,9-14,19-20H2,1-3H3,(H,33,35). The summed E-state index contributed by atoms with van der Waals surface area (Å²) in [5.41, 5.74) is 4.69.